The van der Waals surface area contributed by atoms with Crippen LogP contribution in [0, 0.1) is 5.92 Å². The molecule has 92 valence electrons. The molecular formula is C12H23N3O. The fourth-order valence-electron chi connectivity index (χ4n) is 2.85. The summed E-state index contributed by atoms with van der Waals surface area (Å²) in [7, 11) is 0. The normalized spacial score (nSPS) is 32.3. The fourth-order valence-corrected chi connectivity index (χ4v) is 2.85. The summed E-state index contributed by atoms with van der Waals surface area (Å²) >= 11 is 0. The molecule has 2 rings (SSSR count). The third kappa shape index (κ3) is 2.74. The van der Waals surface area contributed by atoms with Gasteiger partial charge in [-0.2, -0.15) is 0 Å². The van der Waals surface area contributed by atoms with E-state index in [4.69, 9.17) is 5.73 Å². The summed E-state index contributed by atoms with van der Waals surface area (Å²) in [4.78, 5) is 13.5. The topological polar surface area (TPSA) is 58.4 Å². The largest absolute Gasteiger partial charge is 0.369 e. The molecule has 0 spiro atoms. The molecule has 0 aliphatic carbocycles. The summed E-state index contributed by atoms with van der Waals surface area (Å²) in [6, 6.07) is 1.37. The zero-order chi connectivity index (χ0) is 11.5. The van der Waals surface area contributed by atoms with Crippen LogP contribution in [0.2, 0.25) is 0 Å². The third-order valence-electron chi connectivity index (χ3n) is 4.02. The number of hydrogen-bond donors (Lipinski definition) is 2. The maximum Gasteiger partial charge on any atom is 0.221 e. The molecule has 16 heavy (non-hydrogen) atoms. The highest BCUT2D eigenvalue weighted by atomic mass is 16.1. The predicted molar refractivity (Wildman–Crippen MR) is 64.0 cm³/mol. The van der Waals surface area contributed by atoms with Gasteiger partial charge in [0, 0.05) is 24.5 Å². The molecule has 4 heteroatoms. The lowest BCUT2D eigenvalue weighted by molar-refractivity contribution is -0.121. The Balaban J connectivity index is 1.73. The Morgan fingerprint density at radius 1 is 1.50 bits per heavy atom. The number of rotatable bonds is 4. The molecule has 0 aromatic heterocycles. The van der Waals surface area contributed by atoms with E-state index >= 15 is 0 Å². The van der Waals surface area contributed by atoms with E-state index in [0.29, 0.717) is 6.04 Å². The van der Waals surface area contributed by atoms with Crippen molar-refractivity contribution in [2.24, 2.45) is 11.7 Å². The van der Waals surface area contributed by atoms with Crippen LogP contribution in [0.15, 0.2) is 0 Å². The summed E-state index contributed by atoms with van der Waals surface area (Å²) in [5.74, 6) is -0.257. The smallest absolute Gasteiger partial charge is 0.221 e. The van der Waals surface area contributed by atoms with Crippen molar-refractivity contribution in [1.29, 1.82) is 0 Å². The second-order valence-corrected chi connectivity index (χ2v) is 5.26. The quantitative estimate of drug-likeness (QED) is 0.724. The third-order valence-corrected chi connectivity index (χ3v) is 4.02. The molecule has 2 aliphatic rings. The highest BCUT2D eigenvalue weighted by molar-refractivity contribution is 5.76. The first-order valence-electron chi connectivity index (χ1n) is 6.43. The Morgan fingerprint density at radius 2 is 2.31 bits per heavy atom. The summed E-state index contributed by atoms with van der Waals surface area (Å²) in [6.07, 6.45) is 5.16. The zero-order valence-corrected chi connectivity index (χ0v) is 10.1. The number of primary amides is 1. The number of carbonyl (C=O) groups excluding carboxylic acids is 1. The average molecular weight is 225 g/mol. The van der Waals surface area contributed by atoms with Gasteiger partial charge in [0.2, 0.25) is 5.91 Å². The Morgan fingerprint density at radius 3 is 3.06 bits per heavy atom. The van der Waals surface area contributed by atoms with Crippen molar-refractivity contribution < 1.29 is 4.79 Å². The fraction of sp³-hybridized carbons (Fsp3) is 0.917. The van der Waals surface area contributed by atoms with Crippen LogP contribution < -0.4 is 11.1 Å². The van der Waals surface area contributed by atoms with Crippen LogP contribution in [0.4, 0.5) is 0 Å². The number of piperidine rings is 1. The summed E-state index contributed by atoms with van der Waals surface area (Å²) in [6.45, 7) is 5.12. The van der Waals surface area contributed by atoms with Gasteiger partial charge in [-0.25, -0.2) is 0 Å². The molecule has 2 aliphatic heterocycles. The van der Waals surface area contributed by atoms with Crippen LogP contribution in [0.1, 0.15) is 32.6 Å². The van der Waals surface area contributed by atoms with Gasteiger partial charge in [-0.1, -0.05) is 6.92 Å². The lowest BCUT2D eigenvalue weighted by Crippen LogP contribution is -2.47. The number of hydrogen-bond acceptors (Lipinski definition) is 3. The van der Waals surface area contributed by atoms with Crippen LogP contribution in [-0.2, 0) is 4.79 Å². The minimum absolute atomic E-state index is 0.0541. The Labute approximate surface area is 97.6 Å². The molecule has 2 heterocycles. The van der Waals surface area contributed by atoms with E-state index in [9.17, 15) is 4.79 Å². The Bertz CT molecular complexity index is 257. The van der Waals surface area contributed by atoms with E-state index in [2.05, 4.69) is 10.2 Å². The minimum atomic E-state index is -0.203. The van der Waals surface area contributed by atoms with Crippen molar-refractivity contribution in [2.75, 3.05) is 19.6 Å². The highest BCUT2D eigenvalue weighted by Crippen LogP contribution is 2.26. The van der Waals surface area contributed by atoms with E-state index in [1.807, 2.05) is 6.92 Å². The molecule has 4 nitrogen and oxygen atoms in total. The zero-order valence-electron chi connectivity index (χ0n) is 10.1. The van der Waals surface area contributed by atoms with E-state index in [-0.39, 0.29) is 11.8 Å². The van der Waals surface area contributed by atoms with Gasteiger partial charge in [0.1, 0.15) is 0 Å². The van der Waals surface area contributed by atoms with Gasteiger partial charge in [0.25, 0.3) is 0 Å². The summed E-state index contributed by atoms with van der Waals surface area (Å²) in [5.41, 5.74) is 5.25. The van der Waals surface area contributed by atoms with Gasteiger partial charge in [-0.05, 0) is 38.8 Å². The number of nitrogens with two attached hydrogens (primary N) is 1. The van der Waals surface area contributed by atoms with Gasteiger partial charge >= 0.3 is 0 Å². The number of carbonyl (C=O) groups is 1. The molecule has 3 N–H and O–H groups in total. The molecule has 2 saturated heterocycles. The number of nitrogens with zero attached hydrogens (tertiary/aromatic N) is 1. The molecule has 3 atom stereocenters. The van der Waals surface area contributed by atoms with E-state index in [1.54, 1.807) is 0 Å². The maximum absolute atomic E-state index is 10.9. The molecular weight excluding hydrogens is 202 g/mol. The van der Waals surface area contributed by atoms with Crippen LogP contribution in [0.5, 0.6) is 0 Å². The first kappa shape index (κ1) is 11.9. The average Bonchev–Trinajstić information content (AvgIpc) is 2.72. The van der Waals surface area contributed by atoms with Crippen molar-refractivity contribution >= 4 is 5.91 Å². The first-order chi connectivity index (χ1) is 7.66. The molecule has 2 fully saturated rings. The van der Waals surface area contributed by atoms with Gasteiger partial charge in [0.05, 0.1) is 0 Å². The Hall–Kier alpha value is -0.610. The molecule has 0 aromatic carbocycles. The van der Waals surface area contributed by atoms with Crippen LogP contribution in [0.3, 0.4) is 0 Å². The van der Waals surface area contributed by atoms with Crippen molar-refractivity contribution in [2.45, 2.75) is 44.7 Å². The summed E-state index contributed by atoms with van der Waals surface area (Å²) in [5, 5.41) is 3.49. The lowest BCUT2D eigenvalue weighted by Gasteiger charge is -2.35. The van der Waals surface area contributed by atoms with Gasteiger partial charge in [-0.15, -0.1) is 0 Å². The van der Waals surface area contributed by atoms with Crippen LogP contribution in [-0.4, -0.2) is 42.5 Å². The maximum atomic E-state index is 10.9. The number of nitrogens with one attached hydrogen (secondary N) is 1. The van der Waals surface area contributed by atoms with Crippen molar-refractivity contribution in [3.8, 4) is 0 Å². The Kier molecular flexibility index (Phi) is 3.82. The standard InChI is InChI=1S/C12H23N3O/c1-9(12(13)16)8-14-10-4-6-15-5-2-3-11(15)7-10/h9-11,14H,2-8H2,1H3,(H2,13,16). The van der Waals surface area contributed by atoms with Gasteiger partial charge < -0.3 is 16.0 Å². The van der Waals surface area contributed by atoms with E-state index in [1.165, 1.54) is 38.8 Å². The second kappa shape index (κ2) is 5.15. The summed E-state index contributed by atoms with van der Waals surface area (Å²) < 4.78 is 0. The van der Waals surface area contributed by atoms with Crippen molar-refractivity contribution in [3.05, 3.63) is 0 Å². The van der Waals surface area contributed by atoms with Crippen LogP contribution >= 0.6 is 0 Å². The molecule has 0 radical (unpaired) electrons. The number of fused-ring (bicyclic) bond motifs is 1. The lowest BCUT2D eigenvalue weighted by atomic mass is 9.97. The molecule has 1 amide bonds. The predicted octanol–water partition coefficient (Wildman–Crippen LogP) is 0.324. The molecule has 0 aromatic rings. The highest BCUT2D eigenvalue weighted by Gasteiger charge is 2.31. The van der Waals surface area contributed by atoms with Crippen molar-refractivity contribution in [1.82, 2.24) is 10.2 Å². The van der Waals surface area contributed by atoms with Crippen LogP contribution in [0.25, 0.3) is 0 Å². The molecule has 0 saturated carbocycles. The van der Waals surface area contributed by atoms with E-state index < -0.39 is 0 Å². The molecule has 3 unspecified atom stereocenters. The second-order valence-electron chi connectivity index (χ2n) is 5.26. The molecule has 0 bridgehead atoms. The van der Waals surface area contributed by atoms with Gasteiger partial charge in [0.15, 0.2) is 0 Å². The van der Waals surface area contributed by atoms with Crippen molar-refractivity contribution in [3.63, 3.8) is 0 Å². The van der Waals surface area contributed by atoms with Gasteiger partial charge in [-0.3, -0.25) is 4.79 Å². The first-order valence-corrected chi connectivity index (χ1v) is 6.43. The number of amides is 1. The SMILES string of the molecule is CC(CNC1CCN2CCCC2C1)C(N)=O. The minimum Gasteiger partial charge on any atom is -0.369 e. The van der Waals surface area contributed by atoms with E-state index in [0.717, 1.165) is 12.6 Å². The monoisotopic (exact) mass is 225 g/mol.